The summed E-state index contributed by atoms with van der Waals surface area (Å²) in [4.78, 5) is 14.9. The first-order chi connectivity index (χ1) is 6.77. The van der Waals surface area contributed by atoms with E-state index < -0.39 is 6.04 Å². The Hall–Kier alpha value is -1.89. The number of hydrogen-bond acceptors (Lipinski definition) is 3. The monoisotopic (exact) mass is 189 g/mol. The van der Waals surface area contributed by atoms with Crippen molar-refractivity contribution >= 4 is 5.91 Å². The van der Waals surface area contributed by atoms with Gasteiger partial charge >= 0.3 is 0 Å². The quantitative estimate of drug-likeness (QED) is 0.776. The van der Waals surface area contributed by atoms with Crippen LogP contribution in [-0.2, 0) is 4.79 Å². The number of pyridine rings is 1. The van der Waals surface area contributed by atoms with E-state index in [4.69, 9.17) is 5.26 Å². The second-order valence-electron chi connectivity index (χ2n) is 2.76. The third-order valence-corrected chi connectivity index (χ3v) is 1.79. The van der Waals surface area contributed by atoms with Crippen LogP contribution in [0.3, 0.4) is 0 Å². The normalized spacial score (nSPS) is 11.4. The second kappa shape index (κ2) is 4.97. The average Bonchev–Trinajstić information content (AvgIpc) is 2.26. The molecule has 1 aromatic rings. The SMILES string of the molecule is CCC(=O)NC(C#N)c1ccncc1. The second-order valence-corrected chi connectivity index (χ2v) is 2.76. The third-order valence-electron chi connectivity index (χ3n) is 1.79. The summed E-state index contributed by atoms with van der Waals surface area (Å²) < 4.78 is 0. The van der Waals surface area contributed by atoms with Gasteiger partial charge in [-0.15, -0.1) is 0 Å². The zero-order chi connectivity index (χ0) is 10.4. The number of nitriles is 1. The van der Waals surface area contributed by atoms with Gasteiger partial charge in [0.1, 0.15) is 6.04 Å². The van der Waals surface area contributed by atoms with Gasteiger partial charge in [-0.2, -0.15) is 5.26 Å². The van der Waals surface area contributed by atoms with Crippen LogP contribution in [0.1, 0.15) is 24.9 Å². The predicted molar refractivity (Wildman–Crippen MR) is 51.0 cm³/mol. The molecule has 4 nitrogen and oxygen atoms in total. The summed E-state index contributed by atoms with van der Waals surface area (Å²) in [6.45, 7) is 1.75. The molecule has 0 radical (unpaired) electrons. The third kappa shape index (κ3) is 2.56. The van der Waals surface area contributed by atoms with Crippen LogP contribution in [0.25, 0.3) is 0 Å². The van der Waals surface area contributed by atoms with E-state index in [1.54, 1.807) is 31.5 Å². The van der Waals surface area contributed by atoms with Crippen LogP contribution >= 0.6 is 0 Å². The van der Waals surface area contributed by atoms with Crippen LogP contribution < -0.4 is 5.32 Å². The minimum absolute atomic E-state index is 0.131. The molecule has 4 heteroatoms. The molecule has 0 fully saturated rings. The minimum atomic E-state index is -0.578. The number of rotatable bonds is 3. The van der Waals surface area contributed by atoms with Crippen molar-refractivity contribution in [3.63, 3.8) is 0 Å². The Bertz CT molecular complexity index is 342. The molecular formula is C10H11N3O. The Kier molecular flexibility index (Phi) is 3.62. The Morgan fingerprint density at radius 2 is 2.29 bits per heavy atom. The molecule has 1 amide bonds. The fourth-order valence-corrected chi connectivity index (χ4v) is 1.01. The van der Waals surface area contributed by atoms with Crippen molar-refractivity contribution < 1.29 is 4.79 Å². The standard InChI is InChI=1S/C10H11N3O/c1-2-10(14)13-9(7-11)8-3-5-12-6-4-8/h3-6,9H,2H2,1H3,(H,13,14). The van der Waals surface area contributed by atoms with Crippen molar-refractivity contribution in [2.24, 2.45) is 0 Å². The maximum absolute atomic E-state index is 11.1. The van der Waals surface area contributed by atoms with E-state index in [0.29, 0.717) is 6.42 Å². The molecule has 0 bridgehead atoms. The van der Waals surface area contributed by atoms with Gasteiger partial charge < -0.3 is 5.32 Å². The highest BCUT2D eigenvalue weighted by atomic mass is 16.1. The average molecular weight is 189 g/mol. The summed E-state index contributed by atoms with van der Waals surface area (Å²) in [7, 11) is 0. The lowest BCUT2D eigenvalue weighted by molar-refractivity contribution is -0.121. The van der Waals surface area contributed by atoms with Gasteiger partial charge in [0.05, 0.1) is 6.07 Å². The van der Waals surface area contributed by atoms with Gasteiger partial charge in [-0.1, -0.05) is 6.92 Å². The molecule has 0 saturated heterocycles. The first-order valence-corrected chi connectivity index (χ1v) is 4.36. The molecule has 0 saturated carbocycles. The van der Waals surface area contributed by atoms with Crippen molar-refractivity contribution in [2.75, 3.05) is 0 Å². The van der Waals surface area contributed by atoms with E-state index in [2.05, 4.69) is 10.3 Å². The summed E-state index contributed by atoms with van der Waals surface area (Å²) in [5.41, 5.74) is 0.754. The van der Waals surface area contributed by atoms with Crippen LogP contribution in [0.4, 0.5) is 0 Å². The number of carbonyl (C=O) groups is 1. The number of amides is 1. The van der Waals surface area contributed by atoms with Crippen LogP contribution in [0.5, 0.6) is 0 Å². The Labute approximate surface area is 82.6 Å². The first-order valence-electron chi connectivity index (χ1n) is 4.36. The Balaban J connectivity index is 2.74. The number of nitrogens with zero attached hydrogens (tertiary/aromatic N) is 2. The van der Waals surface area contributed by atoms with Gasteiger partial charge in [-0.25, -0.2) is 0 Å². The molecule has 1 heterocycles. The van der Waals surface area contributed by atoms with Crippen molar-refractivity contribution in [3.05, 3.63) is 30.1 Å². The van der Waals surface area contributed by atoms with Gasteiger partial charge in [0.2, 0.25) is 5.91 Å². The maximum atomic E-state index is 11.1. The molecule has 0 aliphatic carbocycles. The lowest BCUT2D eigenvalue weighted by Crippen LogP contribution is -2.26. The van der Waals surface area contributed by atoms with Crippen LogP contribution in [0.15, 0.2) is 24.5 Å². The van der Waals surface area contributed by atoms with Crippen LogP contribution in [0.2, 0.25) is 0 Å². The lowest BCUT2D eigenvalue weighted by Gasteiger charge is -2.10. The molecule has 1 rings (SSSR count). The van der Waals surface area contributed by atoms with E-state index in [-0.39, 0.29) is 5.91 Å². The van der Waals surface area contributed by atoms with E-state index in [0.717, 1.165) is 5.56 Å². The molecule has 0 spiro atoms. The zero-order valence-electron chi connectivity index (χ0n) is 7.90. The minimum Gasteiger partial charge on any atom is -0.337 e. The van der Waals surface area contributed by atoms with E-state index in [1.165, 1.54) is 0 Å². The molecule has 72 valence electrons. The van der Waals surface area contributed by atoms with Gasteiger partial charge in [0.15, 0.2) is 0 Å². The summed E-state index contributed by atoms with van der Waals surface area (Å²) in [5.74, 6) is -0.131. The van der Waals surface area contributed by atoms with E-state index in [9.17, 15) is 4.79 Å². The van der Waals surface area contributed by atoms with Gasteiger partial charge in [0, 0.05) is 18.8 Å². The molecule has 1 aromatic heterocycles. The molecule has 0 aliphatic rings. The largest absolute Gasteiger partial charge is 0.337 e. The summed E-state index contributed by atoms with van der Waals surface area (Å²) in [5, 5.41) is 11.4. The lowest BCUT2D eigenvalue weighted by atomic mass is 10.1. The highest BCUT2D eigenvalue weighted by Gasteiger charge is 2.11. The summed E-state index contributed by atoms with van der Waals surface area (Å²) in [6, 6.07) is 4.87. The smallest absolute Gasteiger partial charge is 0.221 e. The number of hydrogen-bond donors (Lipinski definition) is 1. The summed E-state index contributed by atoms with van der Waals surface area (Å²) in [6.07, 6.45) is 3.57. The van der Waals surface area contributed by atoms with Crippen molar-refractivity contribution in [2.45, 2.75) is 19.4 Å². The van der Waals surface area contributed by atoms with Crippen LogP contribution in [-0.4, -0.2) is 10.9 Å². The highest BCUT2D eigenvalue weighted by Crippen LogP contribution is 2.09. The van der Waals surface area contributed by atoms with E-state index in [1.807, 2.05) is 6.07 Å². The Morgan fingerprint density at radius 1 is 1.64 bits per heavy atom. The molecule has 14 heavy (non-hydrogen) atoms. The summed E-state index contributed by atoms with van der Waals surface area (Å²) >= 11 is 0. The maximum Gasteiger partial charge on any atom is 0.221 e. The van der Waals surface area contributed by atoms with E-state index >= 15 is 0 Å². The fourth-order valence-electron chi connectivity index (χ4n) is 1.01. The van der Waals surface area contributed by atoms with Gasteiger partial charge in [-0.3, -0.25) is 9.78 Å². The fraction of sp³-hybridized carbons (Fsp3) is 0.300. The van der Waals surface area contributed by atoms with Crippen molar-refractivity contribution in [1.82, 2.24) is 10.3 Å². The number of nitrogens with one attached hydrogen (secondary N) is 1. The number of aromatic nitrogens is 1. The molecule has 0 aliphatic heterocycles. The highest BCUT2D eigenvalue weighted by molar-refractivity contribution is 5.76. The van der Waals surface area contributed by atoms with Gasteiger partial charge in [0.25, 0.3) is 0 Å². The zero-order valence-corrected chi connectivity index (χ0v) is 7.90. The topological polar surface area (TPSA) is 65.8 Å². The van der Waals surface area contributed by atoms with Crippen LogP contribution in [0, 0.1) is 11.3 Å². The molecule has 0 aromatic carbocycles. The van der Waals surface area contributed by atoms with Gasteiger partial charge in [-0.05, 0) is 17.7 Å². The molecule has 1 atom stereocenters. The number of carbonyl (C=O) groups excluding carboxylic acids is 1. The molecule has 1 N–H and O–H groups in total. The molecular weight excluding hydrogens is 178 g/mol. The molecule has 1 unspecified atom stereocenters. The van der Waals surface area contributed by atoms with Crippen molar-refractivity contribution in [1.29, 1.82) is 5.26 Å². The first kappa shape index (κ1) is 10.2. The van der Waals surface area contributed by atoms with Crippen molar-refractivity contribution in [3.8, 4) is 6.07 Å². The Morgan fingerprint density at radius 3 is 2.79 bits per heavy atom. The predicted octanol–water partition coefficient (Wildman–Crippen LogP) is 1.17.